The molecular formula is C20H28N2O2. The number of benzene rings is 1. The van der Waals surface area contributed by atoms with Crippen LogP contribution in [0.4, 0.5) is 0 Å². The van der Waals surface area contributed by atoms with Gasteiger partial charge in [0.1, 0.15) is 17.3 Å². The molecule has 0 spiro atoms. The molecule has 0 radical (unpaired) electrons. The van der Waals surface area contributed by atoms with Crippen molar-refractivity contribution in [2.45, 2.75) is 32.9 Å². The van der Waals surface area contributed by atoms with Gasteiger partial charge in [0.2, 0.25) is 0 Å². The molecule has 1 saturated heterocycles. The lowest BCUT2D eigenvalue weighted by Gasteiger charge is -2.33. The summed E-state index contributed by atoms with van der Waals surface area (Å²) >= 11 is 0. The molecule has 130 valence electrons. The van der Waals surface area contributed by atoms with Gasteiger partial charge in [-0.3, -0.25) is 4.90 Å². The molecule has 1 aliphatic heterocycles. The Morgan fingerprint density at radius 2 is 1.92 bits per heavy atom. The minimum Gasteiger partial charge on any atom is -0.508 e. The van der Waals surface area contributed by atoms with Crippen LogP contribution in [0.1, 0.15) is 29.9 Å². The van der Waals surface area contributed by atoms with E-state index in [1.165, 1.54) is 12.8 Å². The van der Waals surface area contributed by atoms with E-state index in [1.807, 2.05) is 31.2 Å². The number of para-hydroxylation sites is 1. The van der Waals surface area contributed by atoms with Gasteiger partial charge < -0.3 is 14.4 Å². The highest BCUT2D eigenvalue weighted by Gasteiger charge is 2.21. The first-order chi connectivity index (χ1) is 11.6. The van der Waals surface area contributed by atoms with Gasteiger partial charge in [0, 0.05) is 18.7 Å². The number of piperidine rings is 1. The average Bonchev–Trinajstić information content (AvgIpc) is 2.96. The van der Waals surface area contributed by atoms with Crippen LogP contribution in [0.3, 0.4) is 0 Å². The van der Waals surface area contributed by atoms with Crippen molar-refractivity contribution in [1.29, 1.82) is 0 Å². The molecule has 1 fully saturated rings. The van der Waals surface area contributed by atoms with E-state index in [0.29, 0.717) is 5.75 Å². The van der Waals surface area contributed by atoms with Gasteiger partial charge in [0.25, 0.3) is 0 Å². The number of phenols is 1. The van der Waals surface area contributed by atoms with Crippen LogP contribution in [-0.4, -0.2) is 41.6 Å². The van der Waals surface area contributed by atoms with Crippen molar-refractivity contribution < 1.29 is 9.52 Å². The van der Waals surface area contributed by atoms with Crippen molar-refractivity contribution in [3.63, 3.8) is 0 Å². The molecule has 0 saturated carbocycles. The highest BCUT2D eigenvalue weighted by Crippen LogP contribution is 2.22. The Morgan fingerprint density at radius 3 is 2.58 bits per heavy atom. The number of hydrogen-bond donors (Lipinski definition) is 1. The molecule has 24 heavy (non-hydrogen) atoms. The number of aryl methyl sites for hydroxylation is 1. The number of nitrogens with zero attached hydrogens (tertiary/aromatic N) is 2. The topological polar surface area (TPSA) is 39.9 Å². The zero-order valence-electron chi connectivity index (χ0n) is 14.7. The van der Waals surface area contributed by atoms with Gasteiger partial charge in [0.05, 0.1) is 6.54 Å². The maximum Gasteiger partial charge on any atom is 0.120 e. The lowest BCUT2D eigenvalue weighted by molar-refractivity contribution is 0.139. The van der Waals surface area contributed by atoms with Crippen molar-refractivity contribution in [3.8, 4) is 5.75 Å². The van der Waals surface area contributed by atoms with Crippen LogP contribution in [0.15, 0.2) is 40.8 Å². The predicted octanol–water partition coefficient (Wildman–Crippen LogP) is 3.64. The molecule has 1 aliphatic rings. The Kier molecular flexibility index (Phi) is 5.59. The number of phenolic OH excluding ortho intramolecular Hbond substituents is 1. The van der Waals surface area contributed by atoms with Crippen LogP contribution in [-0.2, 0) is 13.1 Å². The first-order valence-corrected chi connectivity index (χ1v) is 8.83. The molecule has 1 aromatic carbocycles. The predicted molar refractivity (Wildman–Crippen MR) is 95.9 cm³/mol. The summed E-state index contributed by atoms with van der Waals surface area (Å²) in [5.74, 6) is 3.19. The fraction of sp³-hybridized carbons (Fsp3) is 0.500. The minimum atomic E-state index is 0.396. The quantitative estimate of drug-likeness (QED) is 0.879. The summed E-state index contributed by atoms with van der Waals surface area (Å²) in [5, 5.41) is 9.90. The van der Waals surface area contributed by atoms with E-state index in [2.05, 4.69) is 22.9 Å². The van der Waals surface area contributed by atoms with E-state index >= 15 is 0 Å². The van der Waals surface area contributed by atoms with Crippen LogP contribution in [0, 0.1) is 12.8 Å². The van der Waals surface area contributed by atoms with E-state index in [0.717, 1.165) is 55.7 Å². The Balaban J connectivity index is 1.42. The first kappa shape index (κ1) is 17.1. The molecule has 0 aliphatic carbocycles. The standard InChI is InChI=1S/C20H28N2O2/c1-16-7-8-19(24-16)15-22-11-9-17(10-12-22)13-21(2)14-18-5-3-4-6-20(18)23/h3-8,17,23H,9-15H2,1-2H3. The number of aromatic hydroxyl groups is 1. The van der Waals surface area contributed by atoms with Crippen molar-refractivity contribution in [3.05, 3.63) is 53.5 Å². The summed E-state index contributed by atoms with van der Waals surface area (Å²) < 4.78 is 5.68. The zero-order valence-corrected chi connectivity index (χ0v) is 14.7. The van der Waals surface area contributed by atoms with Crippen LogP contribution in [0.5, 0.6) is 5.75 Å². The Bertz CT molecular complexity index is 645. The summed E-state index contributed by atoms with van der Waals surface area (Å²) in [4.78, 5) is 4.81. The minimum absolute atomic E-state index is 0.396. The molecule has 2 heterocycles. The van der Waals surface area contributed by atoms with Gasteiger partial charge in [-0.25, -0.2) is 0 Å². The second-order valence-corrected chi connectivity index (χ2v) is 7.06. The van der Waals surface area contributed by atoms with E-state index < -0.39 is 0 Å². The molecule has 1 N–H and O–H groups in total. The molecule has 2 aromatic rings. The molecule has 0 bridgehead atoms. The van der Waals surface area contributed by atoms with Crippen molar-refractivity contribution in [2.24, 2.45) is 5.92 Å². The van der Waals surface area contributed by atoms with E-state index in [-0.39, 0.29) is 0 Å². The molecule has 1 aromatic heterocycles. The smallest absolute Gasteiger partial charge is 0.120 e. The molecule has 0 amide bonds. The van der Waals surface area contributed by atoms with Gasteiger partial charge in [0.15, 0.2) is 0 Å². The summed E-state index contributed by atoms with van der Waals surface area (Å²) in [6, 6.07) is 11.7. The van der Waals surface area contributed by atoms with Crippen LogP contribution in [0.2, 0.25) is 0 Å². The molecule has 4 heteroatoms. The lowest BCUT2D eigenvalue weighted by atomic mass is 9.96. The normalized spacial score (nSPS) is 16.8. The molecule has 4 nitrogen and oxygen atoms in total. The number of likely N-dealkylation sites (tertiary alicyclic amines) is 1. The van der Waals surface area contributed by atoms with Gasteiger partial charge in [-0.2, -0.15) is 0 Å². The van der Waals surface area contributed by atoms with E-state index in [1.54, 1.807) is 6.07 Å². The van der Waals surface area contributed by atoms with Crippen LogP contribution >= 0.6 is 0 Å². The second kappa shape index (κ2) is 7.86. The highest BCUT2D eigenvalue weighted by atomic mass is 16.3. The van der Waals surface area contributed by atoms with Crippen molar-refractivity contribution >= 4 is 0 Å². The van der Waals surface area contributed by atoms with E-state index in [4.69, 9.17) is 4.42 Å². The molecule has 3 rings (SSSR count). The summed E-state index contributed by atoms with van der Waals surface area (Å²) in [6.07, 6.45) is 2.45. The second-order valence-electron chi connectivity index (χ2n) is 7.06. The molecular weight excluding hydrogens is 300 g/mol. The van der Waals surface area contributed by atoms with Crippen molar-refractivity contribution in [2.75, 3.05) is 26.7 Å². The molecule has 0 unspecified atom stereocenters. The maximum absolute atomic E-state index is 9.90. The van der Waals surface area contributed by atoms with E-state index in [9.17, 15) is 5.11 Å². The number of rotatable bonds is 6. The number of hydrogen-bond acceptors (Lipinski definition) is 4. The third-order valence-electron chi connectivity index (χ3n) is 4.88. The zero-order chi connectivity index (χ0) is 16.9. The third-order valence-corrected chi connectivity index (χ3v) is 4.88. The van der Waals surface area contributed by atoms with Crippen LogP contribution in [0.25, 0.3) is 0 Å². The fourth-order valence-electron chi connectivity index (χ4n) is 3.56. The van der Waals surface area contributed by atoms with Crippen molar-refractivity contribution in [1.82, 2.24) is 9.80 Å². The van der Waals surface area contributed by atoms with Gasteiger partial charge in [-0.15, -0.1) is 0 Å². The fourth-order valence-corrected chi connectivity index (χ4v) is 3.56. The highest BCUT2D eigenvalue weighted by molar-refractivity contribution is 5.31. The average molecular weight is 328 g/mol. The lowest BCUT2D eigenvalue weighted by Crippen LogP contribution is -2.37. The first-order valence-electron chi connectivity index (χ1n) is 8.83. The summed E-state index contributed by atoms with van der Waals surface area (Å²) in [7, 11) is 2.14. The Morgan fingerprint density at radius 1 is 1.17 bits per heavy atom. The largest absolute Gasteiger partial charge is 0.508 e. The van der Waals surface area contributed by atoms with Gasteiger partial charge in [-0.05, 0) is 64.0 Å². The SMILES string of the molecule is Cc1ccc(CN2CCC(CN(C)Cc3ccccc3O)CC2)o1. The van der Waals surface area contributed by atoms with Gasteiger partial charge >= 0.3 is 0 Å². The van der Waals surface area contributed by atoms with Gasteiger partial charge in [-0.1, -0.05) is 18.2 Å². The third kappa shape index (κ3) is 4.62. The Labute approximate surface area is 144 Å². The summed E-state index contributed by atoms with van der Waals surface area (Å²) in [5.41, 5.74) is 1.01. The monoisotopic (exact) mass is 328 g/mol. The maximum atomic E-state index is 9.90. The summed E-state index contributed by atoms with van der Waals surface area (Å²) in [6.45, 7) is 7.08. The Hall–Kier alpha value is -1.78. The molecule has 0 atom stereocenters. The van der Waals surface area contributed by atoms with Crippen LogP contribution < -0.4 is 0 Å². The number of furan rings is 1.